The number of aromatic nitrogens is 4. The largest absolute Gasteiger partial charge is 0.461 e. The predicted molar refractivity (Wildman–Crippen MR) is 131 cm³/mol. The van der Waals surface area contributed by atoms with Gasteiger partial charge in [0.1, 0.15) is 17.8 Å². The lowest BCUT2D eigenvalue weighted by atomic mass is 10.1. The highest BCUT2D eigenvalue weighted by atomic mass is 32.2. The molecule has 0 unspecified atom stereocenters. The number of fused-ring (bicyclic) bond motifs is 2. The van der Waals surface area contributed by atoms with Crippen LogP contribution in [-0.4, -0.2) is 39.4 Å². The number of rotatable bonds is 9. The Morgan fingerprint density at radius 2 is 1.97 bits per heavy atom. The number of hydrogen-bond acceptors (Lipinski definition) is 9. The van der Waals surface area contributed by atoms with Gasteiger partial charge in [-0.2, -0.15) is 0 Å². The summed E-state index contributed by atoms with van der Waals surface area (Å²) in [6, 6.07) is 7.84. The zero-order chi connectivity index (χ0) is 23.7. The van der Waals surface area contributed by atoms with Gasteiger partial charge < -0.3 is 29.5 Å². The van der Waals surface area contributed by atoms with Gasteiger partial charge in [-0.05, 0) is 50.1 Å². The normalized spacial score (nSPS) is 12.8. The van der Waals surface area contributed by atoms with Crippen molar-refractivity contribution in [2.24, 2.45) is 5.92 Å². The van der Waals surface area contributed by atoms with Crippen LogP contribution in [0, 0.1) is 12.8 Å². The van der Waals surface area contributed by atoms with Gasteiger partial charge in [0, 0.05) is 23.5 Å². The van der Waals surface area contributed by atoms with Crippen LogP contribution in [0.5, 0.6) is 11.5 Å². The minimum atomic E-state index is 0.201. The Kier molecular flexibility index (Phi) is 6.34. The highest BCUT2D eigenvalue weighted by Crippen LogP contribution is 2.45. The molecule has 3 N–H and O–H groups in total. The van der Waals surface area contributed by atoms with Crippen molar-refractivity contribution in [3.05, 3.63) is 36.4 Å². The number of benzene rings is 1. The molecule has 0 fully saturated rings. The predicted octanol–water partition coefficient (Wildman–Crippen LogP) is 4.49. The number of ether oxygens (including phenoxy) is 2. The van der Waals surface area contributed by atoms with Gasteiger partial charge in [0.2, 0.25) is 6.79 Å². The molecule has 4 heterocycles. The van der Waals surface area contributed by atoms with E-state index in [9.17, 15) is 0 Å². The van der Waals surface area contributed by atoms with E-state index in [1.165, 1.54) is 18.1 Å². The zero-order valence-corrected chi connectivity index (χ0v) is 20.3. The van der Waals surface area contributed by atoms with Crippen LogP contribution in [-0.2, 0) is 6.54 Å². The van der Waals surface area contributed by atoms with Crippen molar-refractivity contribution in [3.63, 3.8) is 0 Å². The van der Waals surface area contributed by atoms with Crippen LogP contribution in [0.4, 0.5) is 5.82 Å². The summed E-state index contributed by atoms with van der Waals surface area (Å²) in [6.07, 6.45) is 2.61. The van der Waals surface area contributed by atoms with Gasteiger partial charge in [-0.25, -0.2) is 15.0 Å². The molecule has 0 spiro atoms. The molecule has 0 radical (unpaired) electrons. The van der Waals surface area contributed by atoms with Crippen LogP contribution < -0.4 is 20.5 Å². The Balaban J connectivity index is 1.50. The molecule has 4 aromatic rings. The van der Waals surface area contributed by atoms with Crippen molar-refractivity contribution in [1.29, 1.82) is 0 Å². The van der Waals surface area contributed by atoms with Crippen molar-refractivity contribution >= 4 is 28.7 Å². The molecule has 1 aliphatic rings. The van der Waals surface area contributed by atoms with Gasteiger partial charge in [-0.15, -0.1) is 0 Å². The number of furan rings is 1. The monoisotopic (exact) mass is 480 g/mol. The molecule has 0 bridgehead atoms. The Morgan fingerprint density at radius 3 is 2.74 bits per heavy atom. The summed E-state index contributed by atoms with van der Waals surface area (Å²) in [7, 11) is 0. The highest BCUT2D eigenvalue weighted by Gasteiger charge is 2.23. The van der Waals surface area contributed by atoms with Gasteiger partial charge >= 0.3 is 0 Å². The first kappa shape index (κ1) is 22.5. The first-order valence-corrected chi connectivity index (χ1v) is 12.2. The third-order valence-electron chi connectivity index (χ3n) is 5.62. The van der Waals surface area contributed by atoms with Gasteiger partial charge in [-0.1, -0.05) is 25.6 Å². The van der Waals surface area contributed by atoms with E-state index in [4.69, 9.17) is 24.6 Å². The topological polar surface area (TPSA) is 113 Å². The van der Waals surface area contributed by atoms with E-state index in [-0.39, 0.29) is 6.79 Å². The molecule has 3 aromatic heterocycles. The molecule has 10 heteroatoms. The van der Waals surface area contributed by atoms with E-state index in [1.807, 2.05) is 31.2 Å². The van der Waals surface area contributed by atoms with Gasteiger partial charge in [0.15, 0.2) is 33.6 Å². The molecule has 0 saturated carbocycles. The molecule has 178 valence electrons. The standard InChI is InChI=1S/C24H28N6O3S/c1-14(2)6-7-26-8-9-30-23-21(22(25)27-12-28-23)29-24(30)34-20-11-19-18(31-13-32-19)10-16(20)17-5-4-15(3)33-17/h4-5,10-12,14,26H,6-9,13H2,1-3H3,(H2,25,27,28). The van der Waals surface area contributed by atoms with Crippen molar-refractivity contribution in [2.45, 2.75) is 43.8 Å². The SMILES string of the molecule is Cc1ccc(-c2cc3c(cc2Sc2nc4c(N)ncnc4n2CCNCCC(C)C)OCO3)o1. The molecule has 5 rings (SSSR count). The first-order valence-electron chi connectivity index (χ1n) is 11.4. The smallest absolute Gasteiger partial charge is 0.231 e. The van der Waals surface area contributed by atoms with Crippen LogP contribution in [0.3, 0.4) is 0 Å². The number of anilines is 1. The quantitative estimate of drug-likeness (QED) is 0.334. The fraction of sp³-hybridized carbons (Fsp3) is 0.375. The Labute approximate surface area is 202 Å². The van der Waals surface area contributed by atoms with E-state index in [0.717, 1.165) is 52.3 Å². The van der Waals surface area contributed by atoms with Crippen molar-refractivity contribution in [2.75, 3.05) is 25.6 Å². The minimum absolute atomic E-state index is 0.201. The number of nitrogen functional groups attached to an aromatic ring is 1. The highest BCUT2D eigenvalue weighted by molar-refractivity contribution is 7.99. The molecule has 34 heavy (non-hydrogen) atoms. The molecule has 9 nitrogen and oxygen atoms in total. The van der Waals surface area contributed by atoms with Crippen LogP contribution in [0.25, 0.3) is 22.5 Å². The first-order chi connectivity index (χ1) is 16.5. The average molecular weight is 481 g/mol. The molecule has 0 atom stereocenters. The van der Waals surface area contributed by atoms with E-state index in [1.54, 1.807) is 0 Å². The summed E-state index contributed by atoms with van der Waals surface area (Å²) in [4.78, 5) is 14.4. The van der Waals surface area contributed by atoms with E-state index in [0.29, 0.717) is 35.3 Å². The lowest BCUT2D eigenvalue weighted by molar-refractivity contribution is 0.174. The lowest BCUT2D eigenvalue weighted by Crippen LogP contribution is -2.22. The molecular formula is C24H28N6O3S. The molecule has 1 aliphatic heterocycles. The maximum Gasteiger partial charge on any atom is 0.231 e. The minimum Gasteiger partial charge on any atom is -0.461 e. The molecular weight excluding hydrogens is 452 g/mol. The fourth-order valence-electron chi connectivity index (χ4n) is 3.80. The van der Waals surface area contributed by atoms with Crippen LogP contribution in [0.15, 0.2) is 45.1 Å². The second-order valence-corrected chi connectivity index (χ2v) is 9.63. The van der Waals surface area contributed by atoms with Crippen LogP contribution in [0.2, 0.25) is 0 Å². The number of nitrogens with two attached hydrogens (primary N) is 1. The van der Waals surface area contributed by atoms with Crippen molar-refractivity contribution < 1.29 is 13.9 Å². The molecule has 0 aliphatic carbocycles. The van der Waals surface area contributed by atoms with E-state index in [2.05, 4.69) is 33.7 Å². The van der Waals surface area contributed by atoms with Crippen LogP contribution in [0.1, 0.15) is 26.0 Å². The number of nitrogens with one attached hydrogen (secondary N) is 1. The Morgan fingerprint density at radius 1 is 1.15 bits per heavy atom. The summed E-state index contributed by atoms with van der Waals surface area (Å²) in [5.74, 6) is 4.03. The Bertz CT molecular complexity index is 1320. The molecule has 1 aromatic carbocycles. The third-order valence-corrected chi connectivity index (χ3v) is 6.67. The number of nitrogens with zero attached hydrogens (tertiary/aromatic N) is 4. The molecule has 0 amide bonds. The second kappa shape index (κ2) is 9.55. The van der Waals surface area contributed by atoms with Gasteiger partial charge in [0.05, 0.1) is 0 Å². The lowest BCUT2D eigenvalue weighted by Gasteiger charge is -2.12. The zero-order valence-electron chi connectivity index (χ0n) is 19.5. The van der Waals surface area contributed by atoms with Crippen molar-refractivity contribution in [1.82, 2.24) is 24.8 Å². The number of hydrogen-bond donors (Lipinski definition) is 2. The molecule has 0 saturated heterocycles. The summed E-state index contributed by atoms with van der Waals surface area (Å²) in [6.45, 7) is 9.04. The van der Waals surface area contributed by atoms with Gasteiger partial charge in [0.25, 0.3) is 0 Å². The summed E-state index contributed by atoms with van der Waals surface area (Å²) >= 11 is 1.52. The maximum atomic E-state index is 6.14. The average Bonchev–Trinajstić information content (AvgIpc) is 3.52. The third kappa shape index (κ3) is 4.55. The summed E-state index contributed by atoms with van der Waals surface area (Å²) in [5.41, 5.74) is 8.37. The van der Waals surface area contributed by atoms with E-state index >= 15 is 0 Å². The van der Waals surface area contributed by atoms with E-state index < -0.39 is 0 Å². The summed E-state index contributed by atoms with van der Waals surface area (Å²) in [5, 5.41) is 4.29. The number of aryl methyl sites for hydroxylation is 1. The number of imidazole rings is 1. The second-order valence-electron chi connectivity index (χ2n) is 8.62. The summed E-state index contributed by atoms with van der Waals surface area (Å²) < 4.78 is 19.3. The van der Waals surface area contributed by atoms with Gasteiger partial charge in [-0.3, -0.25) is 0 Å². The maximum absolute atomic E-state index is 6.14. The van der Waals surface area contributed by atoms with Crippen LogP contribution >= 0.6 is 11.8 Å². The fourth-order valence-corrected chi connectivity index (χ4v) is 4.86. The van der Waals surface area contributed by atoms with Crippen molar-refractivity contribution in [3.8, 4) is 22.8 Å². The Hall–Kier alpha value is -3.24.